The summed E-state index contributed by atoms with van der Waals surface area (Å²) < 4.78 is 10.7. The summed E-state index contributed by atoms with van der Waals surface area (Å²) in [6.07, 6.45) is 4.48. The van der Waals surface area contributed by atoms with Crippen molar-refractivity contribution in [1.82, 2.24) is 5.32 Å². The molecule has 2 aromatic carbocycles. The van der Waals surface area contributed by atoms with E-state index in [1.54, 1.807) is 20.4 Å². The quantitative estimate of drug-likeness (QED) is 0.358. The van der Waals surface area contributed by atoms with Gasteiger partial charge in [-0.15, -0.1) is 24.8 Å². The van der Waals surface area contributed by atoms with Crippen molar-refractivity contribution in [1.29, 1.82) is 0 Å². The number of hydrogen-bond donors (Lipinski definition) is 1. The lowest BCUT2D eigenvalue weighted by Crippen LogP contribution is -2.50. The predicted molar refractivity (Wildman–Crippen MR) is 171 cm³/mol. The molecule has 2 heterocycles. The van der Waals surface area contributed by atoms with Crippen LogP contribution >= 0.6 is 24.8 Å². The molecule has 0 aromatic heterocycles. The number of halogens is 2. The third-order valence-electron chi connectivity index (χ3n) is 7.85. The second-order valence-corrected chi connectivity index (χ2v) is 10.9. The van der Waals surface area contributed by atoms with Crippen LogP contribution in [0.4, 0.5) is 0 Å². The first kappa shape index (κ1) is 33.2. The summed E-state index contributed by atoms with van der Waals surface area (Å²) in [4.78, 5) is 41.3. The SMILES string of the molecule is COc1ccc(CCNCCC2C(=O)C3=NC(CCc4ccccc4)=NC3=C3C=NC(C)(C)C(=O)C32)cc1OC.Cl.Cl. The topological polar surface area (TPSA) is 102 Å². The van der Waals surface area contributed by atoms with Gasteiger partial charge in [-0.2, -0.15) is 0 Å². The van der Waals surface area contributed by atoms with Crippen LogP contribution < -0.4 is 14.8 Å². The molecule has 1 N–H and O–H groups in total. The number of fused-ring (bicyclic) bond motifs is 2. The van der Waals surface area contributed by atoms with Crippen LogP contribution in [0.1, 0.15) is 37.8 Å². The van der Waals surface area contributed by atoms with E-state index in [0.717, 1.165) is 30.5 Å². The Balaban J connectivity index is 0.00000242. The number of benzene rings is 2. The third kappa shape index (κ3) is 6.83. The number of Topliss-reactive ketones (excluding diaryl/α,β-unsaturated/α-hetero) is 2. The van der Waals surface area contributed by atoms with Gasteiger partial charge in [-0.1, -0.05) is 36.4 Å². The molecule has 5 rings (SSSR count). The fraction of sp³-hybridized carbons (Fsp3) is 0.406. The van der Waals surface area contributed by atoms with E-state index < -0.39 is 17.4 Å². The molecule has 0 spiro atoms. The van der Waals surface area contributed by atoms with Gasteiger partial charge in [0.2, 0.25) is 0 Å². The van der Waals surface area contributed by atoms with Crippen LogP contribution in [0.2, 0.25) is 0 Å². The standard InChI is InChI=1S/C32H36N4O4.2ClH/c1-32(2)31(38)27-22(15-17-33-16-14-21-10-12-24(39-3)25(18-21)40-4)30(37)29-28(23(27)19-34-32)35-26(36-29)13-11-20-8-6-5-7-9-20;;/h5-10,12,18-19,22,27,33H,11,13-17H2,1-4H3;2*1H. The van der Waals surface area contributed by atoms with Crippen LogP contribution in [0.25, 0.3) is 0 Å². The zero-order valence-corrected chi connectivity index (χ0v) is 26.0. The van der Waals surface area contributed by atoms with E-state index in [1.165, 1.54) is 5.56 Å². The molecule has 1 aliphatic carbocycles. The number of carbonyl (C=O) groups excluding carboxylic acids is 2. The monoisotopic (exact) mass is 612 g/mol. The third-order valence-corrected chi connectivity index (χ3v) is 7.85. The van der Waals surface area contributed by atoms with Crippen molar-refractivity contribution in [2.75, 3.05) is 27.3 Å². The van der Waals surface area contributed by atoms with Gasteiger partial charge in [0.15, 0.2) is 23.1 Å². The zero-order chi connectivity index (χ0) is 28.3. The van der Waals surface area contributed by atoms with E-state index in [4.69, 9.17) is 14.5 Å². The van der Waals surface area contributed by atoms with Gasteiger partial charge in [-0.25, -0.2) is 9.98 Å². The maximum Gasteiger partial charge on any atom is 0.187 e. The maximum absolute atomic E-state index is 13.8. The Bertz CT molecular complexity index is 1430. The molecular formula is C32H38Cl2N4O4. The normalized spacial score (nSPS) is 20.1. The van der Waals surface area contributed by atoms with Gasteiger partial charge in [-0.3, -0.25) is 14.6 Å². The number of nitrogens with one attached hydrogen (secondary N) is 1. The fourth-order valence-corrected chi connectivity index (χ4v) is 5.56. The van der Waals surface area contributed by atoms with Crippen LogP contribution in [-0.4, -0.2) is 62.2 Å². The van der Waals surface area contributed by atoms with Crippen molar-refractivity contribution < 1.29 is 19.1 Å². The number of aliphatic imine (C=N–C) groups is 3. The Morgan fingerprint density at radius 1 is 0.857 bits per heavy atom. The summed E-state index contributed by atoms with van der Waals surface area (Å²) in [5, 5.41) is 3.45. The number of methoxy groups -OCH3 is 2. The second-order valence-electron chi connectivity index (χ2n) is 10.9. The number of carbonyl (C=O) groups is 2. The van der Waals surface area contributed by atoms with Crippen LogP contribution in [0.5, 0.6) is 11.5 Å². The van der Waals surface area contributed by atoms with Crippen LogP contribution in [0, 0.1) is 11.8 Å². The molecule has 2 aromatic rings. The molecule has 0 saturated carbocycles. The smallest absolute Gasteiger partial charge is 0.187 e. The lowest BCUT2D eigenvalue weighted by molar-refractivity contribution is -0.131. The minimum Gasteiger partial charge on any atom is -0.493 e. The first-order chi connectivity index (χ1) is 19.3. The van der Waals surface area contributed by atoms with Crippen LogP contribution in [0.15, 0.2) is 74.8 Å². The van der Waals surface area contributed by atoms with Gasteiger partial charge in [0.1, 0.15) is 22.8 Å². The predicted octanol–water partition coefficient (Wildman–Crippen LogP) is 5.06. The van der Waals surface area contributed by atoms with Gasteiger partial charge in [0.25, 0.3) is 0 Å². The maximum atomic E-state index is 13.8. The number of ether oxygens (including phenoxy) is 2. The minimum absolute atomic E-state index is 0. The summed E-state index contributed by atoms with van der Waals surface area (Å²) in [5.41, 5.74) is 3.07. The lowest BCUT2D eigenvalue weighted by atomic mass is 9.67. The average Bonchev–Trinajstić information content (AvgIpc) is 3.40. The highest BCUT2D eigenvalue weighted by atomic mass is 35.5. The number of hydrogen-bond acceptors (Lipinski definition) is 8. The van der Waals surface area contributed by atoms with Gasteiger partial charge < -0.3 is 14.8 Å². The molecule has 8 nitrogen and oxygen atoms in total. The largest absolute Gasteiger partial charge is 0.493 e. The van der Waals surface area contributed by atoms with Gasteiger partial charge in [0, 0.05) is 24.1 Å². The van der Waals surface area contributed by atoms with Crippen molar-refractivity contribution in [2.24, 2.45) is 26.8 Å². The molecule has 0 bridgehead atoms. The molecule has 2 unspecified atom stereocenters. The van der Waals surface area contributed by atoms with E-state index in [0.29, 0.717) is 48.1 Å². The Hall–Kier alpha value is -3.33. The summed E-state index contributed by atoms with van der Waals surface area (Å²) in [7, 11) is 3.24. The Kier molecular flexibility index (Phi) is 11.2. The lowest BCUT2D eigenvalue weighted by Gasteiger charge is -2.37. The fourth-order valence-electron chi connectivity index (χ4n) is 5.56. The highest BCUT2D eigenvalue weighted by molar-refractivity contribution is 6.51. The zero-order valence-electron chi connectivity index (χ0n) is 24.4. The second kappa shape index (κ2) is 14.2. The Morgan fingerprint density at radius 3 is 2.31 bits per heavy atom. The molecule has 2 aliphatic heterocycles. The molecule has 0 saturated heterocycles. The summed E-state index contributed by atoms with van der Waals surface area (Å²) in [6.45, 7) is 4.94. The highest BCUT2D eigenvalue weighted by Gasteiger charge is 2.50. The molecule has 42 heavy (non-hydrogen) atoms. The first-order valence-corrected chi connectivity index (χ1v) is 13.8. The average molecular weight is 614 g/mol. The molecule has 2 atom stereocenters. The molecule has 0 radical (unpaired) electrons. The van der Waals surface area contributed by atoms with Crippen LogP contribution in [0.3, 0.4) is 0 Å². The summed E-state index contributed by atoms with van der Waals surface area (Å²) in [6, 6.07) is 16.0. The number of rotatable bonds is 11. The van der Waals surface area contributed by atoms with Crippen molar-refractivity contribution in [3.63, 3.8) is 0 Å². The van der Waals surface area contributed by atoms with E-state index in [1.807, 2.05) is 50.2 Å². The van der Waals surface area contributed by atoms with Gasteiger partial charge >= 0.3 is 0 Å². The number of aryl methyl sites for hydroxylation is 1. The summed E-state index contributed by atoms with van der Waals surface area (Å²) in [5.74, 6) is 0.853. The number of ketones is 2. The van der Waals surface area contributed by atoms with Crippen molar-refractivity contribution in [2.45, 2.75) is 45.1 Å². The molecule has 0 fully saturated rings. The molecule has 224 valence electrons. The van der Waals surface area contributed by atoms with Crippen molar-refractivity contribution in [3.8, 4) is 11.5 Å². The minimum atomic E-state index is -0.874. The van der Waals surface area contributed by atoms with Crippen molar-refractivity contribution >= 4 is 54.1 Å². The number of nitrogens with zero attached hydrogens (tertiary/aromatic N) is 3. The number of allylic oxidation sites excluding steroid dienone is 2. The molecular weight excluding hydrogens is 575 g/mol. The van der Waals surface area contributed by atoms with Crippen LogP contribution in [-0.2, 0) is 22.4 Å². The molecule has 3 aliphatic rings. The molecule has 10 heteroatoms. The first-order valence-electron chi connectivity index (χ1n) is 13.8. The van der Waals surface area contributed by atoms with Crippen molar-refractivity contribution in [3.05, 3.63) is 70.9 Å². The Labute approximate surface area is 259 Å². The van der Waals surface area contributed by atoms with E-state index >= 15 is 0 Å². The number of amidine groups is 1. The van der Waals surface area contributed by atoms with E-state index in [9.17, 15) is 9.59 Å². The molecule has 0 amide bonds. The summed E-state index contributed by atoms with van der Waals surface area (Å²) >= 11 is 0. The van der Waals surface area contributed by atoms with Gasteiger partial charge in [0.05, 0.1) is 20.1 Å². The van der Waals surface area contributed by atoms with E-state index in [-0.39, 0.29) is 36.4 Å². The highest BCUT2D eigenvalue weighted by Crippen LogP contribution is 2.41. The van der Waals surface area contributed by atoms with E-state index in [2.05, 4.69) is 27.4 Å². The Morgan fingerprint density at radius 2 is 1.60 bits per heavy atom. The van der Waals surface area contributed by atoms with Gasteiger partial charge in [-0.05, 0) is 69.5 Å².